The summed E-state index contributed by atoms with van der Waals surface area (Å²) in [4.78, 5) is 10.7. The van der Waals surface area contributed by atoms with Gasteiger partial charge in [0.15, 0.2) is 0 Å². The highest BCUT2D eigenvalue weighted by Crippen LogP contribution is 2.25. The first-order chi connectivity index (χ1) is 7.65. The SMILES string of the molecule is Nc1nnc(C=Cc2ccc([N+](=O)[O-])s2)o1. The van der Waals surface area contributed by atoms with Crippen LogP contribution in [-0.2, 0) is 0 Å². The van der Waals surface area contributed by atoms with Gasteiger partial charge in [0, 0.05) is 17.0 Å². The fourth-order valence-electron chi connectivity index (χ4n) is 0.997. The first-order valence-electron chi connectivity index (χ1n) is 4.16. The minimum absolute atomic E-state index is 0.0168. The molecule has 0 aliphatic carbocycles. The Morgan fingerprint density at radius 1 is 1.44 bits per heavy atom. The van der Waals surface area contributed by atoms with Crippen LogP contribution in [0.25, 0.3) is 12.2 Å². The smallest absolute Gasteiger partial charge is 0.324 e. The van der Waals surface area contributed by atoms with E-state index < -0.39 is 4.92 Å². The number of hydrogen-bond acceptors (Lipinski definition) is 7. The van der Waals surface area contributed by atoms with E-state index in [4.69, 9.17) is 10.2 Å². The van der Waals surface area contributed by atoms with Crippen LogP contribution in [0.3, 0.4) is 0 Å². The van der Waals surface area contributed by atoms with Crippen molar-refractivity contribution in [3.05, 3.63) is 33.0 Å². The van der Waals surface area contributed by atoms with Gasteiger partial charge in [-0.1, -0.05) is 16.4 Å². The molecule has 2 aromatic heterocycles. The van der Waals surface area contributed by atoms with Gasteiger partial charge in [-0.2, -0.15) is 0 Å². The fourth-order valence-corrected chi connectivity index (χ4v) is 1.72. The molecular formula is C8H6N4O3S. The van der Waals surface area contributed by atoms with Crippen molar-refractivity contribution in [1.82, 2.24) is 10.2 Å². The summed E-state index contributed by atoms with van der Waals surface area (Å²) in [6, 6.07) is 3.06. The first kappa shape index (κ1) is 10.3. The highest BCUT2D eigenvalue weighted by Gasteiger charge is 2.07. The maximum absolute atomic E-state index is 10.4. The number of nitrogens with zero attached hydrogens (tertiary/aromatic N) is 3. The Labute approximate surface area is 93.4 Å². The molecule has 0 bridgehead atoms. The quantitative estimate of drug-likeness (QED) is 0.645. The van der Waals surface area contributed by atoms with E-state index in [2.05, 4.69) is 10.2 Å². The summed E-state index contributed by atoms with van der Waals surface area (Å²) < 4.78 is 4.90. The van der Waals surface area contributed by atoms with E-state index in [-0.39, 0.29) is 16.9 Å². The molecular weight excluding hydrogens is 232 g/mol. The van der Waals surface area contributed by atoms with E-state index >= 15 is 0 Å². The van der Waals surface area contributed by atoms with E-state index in [0.29, 0.717) is 0 Å². The lowest BCUT2D eigenvalue weighted by Crippen LogP contribution is -1.81. The van der Waals surface area contributed by atoms with Crippen molar-refractivity contribution in [2.75, 3.05) is 5.73 Å². The predicted octanol–water partition coefficient (Wildman–Crippen LogP) is 1.79. The first-order valence-corrected chi connectivity index (χ1v) is 4.98. The maximum atomic E-state index is 10.4. The van der Waals surface area contributed by atoms with Crippen molar-refractivity contribution in [1.29, 1.82) is 0 Å². The number of anilines is 1. The Kier molecular flexibility index (Phi) is 2.64. The Morgan fingerprint density at radius 2 is 2.25 bits per heavy atom. The van der Waals surface area contributed by atoms with Crippen molar-refractivity contribution >= 4 is 34.5 Å². The highest BCUT2D eigenvalue weighted by atomic mass is 32.1. The van der Waals surface area contributed by atoms with Gasteiger partial charge in [-0.15, -0.1) is 5.10 Å². The summed E-state index contributed by atoms with van der Waals surface area (Å²) in [7, 11) is 0. The molecule has 0 fully saturated rings. The van der Waals surface area contributed by atoms with E-state index in [1.54, 1.807) is 18.2 Å². The molecule has 0 saturated heterocycles. The number of nitro groups is 1. The molecule has 2 N–H and O–H groups in total. The molecule has 0 saturated carbocycles. The van der Waals surface area contributed by atoms with E-state index in [9.17, 15) is 10.1 Å². The van der Waals surface area contributed by atoms with Crippen molar-refractivity contribution in [3.8, 4) is 0 Å². The number of rotatable bonds is 3. The molecule has 0 amide bonds. The van der Waals surface area contributed by atoms with Crippen LogP contribution < -0.4 is 5.73 Å². The second-order valence-corrected chi connectivity index (χ2v) is 3.84. The Morgan fingerprint density at radius 3 is 2.81 bits per heavy atom. The van der Waals surface area contributed by atoms with Gasteiger partial charge in [-0.25, -0.2) is 0 Å². The molecule has 82 valence electrons. The van der Waals surface area contributed by atoms with E-state index in [1.807, 2.05) is 0 Å². The molecule has 8 heteroatoms. The monoisotopic (exact) mass is 238 g/mol. The molecule has 0 radical (unpaired) electrons. The Balaban J connectivity index is 2.14. The average molecular weight is 238 g/mol. The lowest BCUT2D eigenvalue weighted by molar-refractivity contribution is -0.380. The number of aromatic nitrogens is 2. The van der Waals surface area contributed by atoms with Gasteiger partial charge in [0.2, 0.25) is 5.89 Å². The molecule has 16 heavy (non-hydrogen) atoms. The fraction of sp³-hybridized carbons (Fsp3) is 0. The zero-order valence-electron chi connectivity index (χ0n) is 7.86. The Hall–Kier alpha value is -2.22. The van der Waals surface area contributed by atoms with Gasteiger partial charge in [-0.3, -0.25) is 10.1 Å². The average Bonchev–Trinajstić information content (AvgIpc) is 2.83. The largest absolute Gasteiger partial charge is 0.404 e. The van der Waals surface area contributed by atoms with Crippen LogP contribution in [0.2, 0.25) is 0 Å². The van der Waals surface area contributed by atoms with E-state index in [0.717, 1.165) is 16.2 Å². The molecule has 0 aromatic carbocycles. The minimum atomic E-state index is -0.438. The van der Waals surface area contributed by atoms with Crippen LogP contribution >= 0.6 is 11.3 Å². The van der Waals surface area contributed by atoms with E-state index in [1.165, 1.54) is 6.07 Å². The summed E-state index contributed by atoms with van der Waals surface area (Å²) in [6.07, 6.45) is 3.18. The summed E-state index contributed by atoms with van der Waals surface area (Å²) in [5.74, 6) is 0.258. The molecule has 7 nitrogen and oxygen atoms in total. The van der Waals surface area contributed by atoms with Gasteiger partial charge in [0.25, 0.3) is 0 Å². The molecule has 2 rings (SSSR count). The van der Waals surface area contributed by atoms with Crippen LogP contribution in [0.1, 0.15) is 10.8 Å². The third kappa shape index (κ3) is 2.23. The topological polar surface area (TPSA) is 108 Å². The lowest BCUT2D eigenvalue weighted by Gasteiger charge is -1.82. The summed E-state index contributed by atoms with van der Waals surface area (Å²) in [5, 5.41) is 17.6. The summed E-state index contributed by atoms with van der Waals surface area (Å²) in [6.45, 7) is 0. The predicted molar refractivity (Wildman–Crippen MR) is 58.6 cm³/mol. The van der Waals surface area contributed by atoms with Gasteiger partial charge in [0.05, 0.1) is 4.92 Å². The third-order valence-electron chi connectivity index (χ3n) is 1.64. The summed E-state index contributed by atoms with van der Waals surface area (Å²) in [5.41, 5.74) is 5.23. The third-order valence-corrected chi connectivity index (χ3v) is 2.64. The van der Waals surface area contributed by atoms with Gasteiger partial charge < -0.3 is 10.2 Å². The van der Waals surface area contributed by atoms with Gasteiger partial charge in [0.1, 0.15) is 0 Å². The molecule has 0 atom stereocenters. The van der Waals surface area contributed by atoms with Crippen molar-refractivity contribution in [3.63, 3.8) is 0 Å². The van der Waals surface area contributed by atoms with Crippen molar-refractivity contribution in [2.24, 2.45) is 0 Å². The Bertz CT molecular complexity index is 545. The minimum Gasteiger partial charge on any atom is -0.404 e. The number of thiophene rings is 1. The van der Waals surface area contributed by atoms with Crippen LogP contribution in [0.15, 0.2) is 16.5 Å². The second kappa shape index (κ2) is 4.11. The molecule has 2 aromatic rings. The lowest BCUT2D eigenvalue weighted by atomic mass is 10.4. The van der Waals surface area contributed by atoms with Crippen LogP contribution in [-0.4, -0.2) is 15.1 Å². The molecule has 0 aliphatic heterocycles. The second-order valence-electron chi connectivity index (χ2n) is 2.74. The zero-order chi connectivity index (χ0) is 11.5. The summed E-state index contributed by atoms with van der Waals surface area (Å²) >= 11 is 1.06. The van der Waals surface area contributed by atoms with Gasteiger partial charge in [-0.05, 0) is 12.1 Å². The van der Waals surface area contributed by atoms with Crippen molar-refractivity contribution in [2.45, 2.75) is 0 Å². The highest BCUT2D eigenvalue weighted by molar-refractivity contribution is 7.16. The number of hydrogen-bond donors (Lipinski definition) is 1. The van der Waals surface area contributed by atoms with Crippen LogP contribution in [0.5, 0.6) is 0 Å². The zero-order valence-corrected chi connectivity index (χ0v) is 8.68. The maximum Gasteiger partial charge on any atom is 0.324 e. The van der Waals surface area contributed by atoms with Crippen LogP contribution in [0, 0.1) is 10.1 Å². The van der Waals surface area contributed by atoms with Crippen molar-refractivity contribution < 1.29 is 9.34 Å². The normalized spacial score (nSPS) is 11.0. The van der Waals surface area contributed by atoms with Crippen LogP contribution in [0.4, 0.5) is 11.0 Å². The standard InChI is InChI=1S/C8H6N4O3S/c9-8-11-10-6(15-8)3-1-5-2-4-7(16-5)12(13)14/h1-4H,(H2,9,11). The van der Waals surface area contributed by atoms with Gasteiger partial charge >= 0.3 is 11.0 Å². The molecule has 2 heterocycles. The molecule has 0 aliphatic rings. The number of nitrogen functional groups attached to an aromatic ring is 1. The molecule has 0 unspecified atom stereocenters. The molecule has 0 spiro atoms. The number of nitrogens with two attached hydrogens (primary N) is 1.